The first kappa shape index (κ1) is 19.5. The van der Waals surface area contributed by atoms with E-state index in [0.29, 0.717) is 5.82 Å². The summed E-state index contributed by atoms with van der Waals surface area (Å²) in [7, 11) is 1.52. The molecule has 2 amide bonds. The van der Waals surface area contributed by atoms with Gasteiger partial charge in [-0.15, -0.1) is 0 Å². The van der Waals surface area contributed by atoms with E-state index in [1.807, 2.05) is 32.0 Å². The number of carbonyl (C=O) groups is 1. The summed E-state index contributed by atoms with van der Waals surface area (Å²) in [6, 6.07) is 5.24. The van der Waals surface area contributed by atoms with Gasteiger partial charge in [0.25, 0.3) is 0 Å². The maximum Gasteiger partial charge on any atom is 0.319 e. The van der Waals surface area contributed by atoms with Crippen molar-refractivity contribution in [2.45, 2.75) is 33.5 Å². The Labute approximate surface area is 160 Å². The Kier molecular flexibility index (Phi) is 5.67. The number of pyridine rings is 1. The molecule has 0 aliphatic rings. The summed E-state index contributed by atoms with van der Waals surface area (Å²) < 4.78 is 28.2. The maximum absolute atomic E-state index is 12.9. The highest BCUT2D eigenvalue weighted by molar-refractivity contribution is 5.73. The standard InChI is InChI=1S/C18H21F2N7O/c1-12-8-13(2)27(24-12)15-5-4-14(9-22-15)10-23-18(28)25(3)11-16-21-6-7-26(16)17(19)20/h4-9,17H,10-11H2,1-3H3,(H,23,28). The zero-order valence-electron chi connectivity index (χ0n) is 15.8. The van der Waals surface area contributed by atoms with Crippen LogP contribution in [0, 0.1) is 13.8 Å². The molecular weight excluding hydrogens is 368 g/mol. The molecule has 3 aromatic rings. The maximum atomic E-state index is 12.9. The number of hydrogen-bond acceptors (Lipinski definition) is 4. The summed E-state index contributed by atoms with van der Waals surface area (Å²) in [6.45, 7) is 1.40. The minimum Gasteiger partial charge on any atom is -0.334 e. The van der Waals surface area contributed by atoms with Crippen LogP contribution >= 0.6 is 0 Å². The Hall–Kier alpha value is -3.30. The van der Waals surface area contributed by atoms with Crippen LogP contribution in [0.5, 0.6) is 0 Å². The molecule has 0 fully saturated rings. The molecule has 28 heavy (non-hydrogen) atoms. The van der Waals surface area contributed by atoms with Crippen LogP contribution in [0.1, 0.15) is 29.3 Å². The van der Waals surface area contributed by atoms with Crippen LogP contribution in [0.25, 0.3) is 5.82 Å². The van der Waals surface area contributed by atoms with Crippen molar-refractivity contribution >= 4 is 6.03 Å². The number of imidazole rings is 1. The van der Waals surface area contributed by atoms with E-state index in [1.54, 1.807) is 10.9 Å². The molecule has 148 valence electrons. The van der Waals surface area contributed by atoms with Gasteiger partial charge in [-0.25, -0.2) is 19.4 Å². The summed E-state index contributed by atoms with van der Waals surface area (Å²) in [5.74, 6) is 0.806. The molecule has 0 saturated carbocycles. The number of urea groups is 1. The van der Waals surface area contributed by atoms with Crippen molar-refractivity contribution in [3.8, 4) is 5.82 Å². The van der Waals surface area contributed by atoms with Crippen LogP contribution in [0.15, 0.2) is 36.8 Å². The number of amides is 2. The van der Waals surface area contributed by atoms with Crippen LogP contribution in [0.4, 0.5) is 13.6 Å². The van der Waals surface area contributed by atoms with Crippen LogP contribution in [0.3, 0.4) is 0 Å². The third-order valence-electron chi connectivity index (χ3n) is 4.16. The molecule has 10 heteroatoms. The van der Waals surface area contributed by atoms with Gasteiger partial charge in [-0.1, -0.05) is 6.07 Å². The van der Waals surface area contributed by atoms with E-state index >= 15 is 0 Å². The SMILES string of the molecule is Cc1cc(C)n(-c2ccc(CNC(=O)N(C)Cc3nccn3C(F)F)cn2)n1. The number of aromatic nitrogens is 5. The average molecular weight is 389 g/mol. The van der Waals surface area contributed by atoms with E-state index in [2.05, 4.69) is 20.4 Å². The molecule has 3 heterocycles. The Balaban J connectivity index is 1.56. The van der Waals surface area contributed by atoms with Gasteiger partial charge in [0.15, 0.2) is 5.82 Å². The second-order valence-corrected chi connectivity index (χ2v) is 6.41. The Morgan fingerprint density at radius 1 is 1.29 bits per heavy atom. The third-order valence-corrected chi connectivity index (χ3v) is 4.16. The number of aryl methyl sites for hydroxylation is 2. The van der Waals surface area contributed by atoms with Gasteiger partial charge in [-0.3, -0.25) is 4.57 Å². The smallest absolute Gasteiger partial charge is 0.319 e. The van der Waals surface area contributed by atoms with Gasteiger partial charge in [-0.2, -0.15) is 13.9 Å². The van der Waals surface area contributed by atoms with E-state index in [4.69, 9.17) is 0 Å². The zero-order chi connectivity index (χ0) is 20.3. The number of hydrogen-bond donors (Lipinski definition) is 1. The van der Waals surface area contributed by atoms with E-state index in [1.165, 1.54) is 24.3 Å². The van der Waals surface area contributed by atoms with Gasteiger partial charge in [0.2, 0.25) is 0 Å². The van der Waals surface area contributed by atoms with Crippen molar-refractivity contribution in [2.24, 2.45) is 0 Å². The van der Waals surface area contributed by atoms with Gasteiger partial charge in [0.05, 0.1) is 12.2 Å². The van der Waals surface area contributed by atoms with Crippen molar-refractivity contribution in [3.63, 3.8) is 0 Å². The highest BCUT2D eigenvalue weighted by Gasteiger charge is 2.16. The first-order chi connectivity index (χ1) is 13.3. The molecule has 0 bridgehead atoms. The summed E-state index contributed by atoms with van der Waals surface area (Å²) in [5.41, 5.74) is 2.70. The minimum atomic E-state index is -2.69. The van der Waals surface area contributed by atoms with Gasteiger partial charge >= 0.3 is 12.6 Å². The second kappa shape index (κ2) is 8.15. The van der Waals surface area contributed by atoms with Crippen molar-refractivity contribution in [1.82, 2.24) is 34.5 Å². The summed E-state index contributed by atoms with van der Waals surface area (Å²) in [4.78, 5) is 21.8. The molecule has 0 spiro atoms. The topological polar surface area (TPSA) is 80.9 Å². The van der Waals surface area contributed by atoms with Gasteiger partial charge in [0.1, 0.15) is 5.82 Å². The predicted molar refractivity (Wildman–Crippen MR) is 98.0 cm³/mol. The van der Waals surface area contributed by atoms with Crippen molar-refractivity contribution in [1.29, 1.82) is 0 Å². The highest BCUT2D eigenvalue weighted by atomic mass is 19.3. The van der Waals surface area contributed by atoms with Gasteiger partial charge < -0.3 is 10.2 Å². The zero-order valence-corrected chi connectivity index (χ0v) is 15.8. The number of carbonyl (C=O) groups excluding carboxylic acids is 1. The first-order valence-corrected chi connectivity index (χ1v) is 8.62. The molecule has 0 saturated heterocycles. The lowest BCUT2D eigenvalue weighted by molar-refractivity contribution is 0.0651. The predicted octanol–water partition coefficient (Wildman–Crippen LogP) is 2.82. The number of alkyl halides is 2. The van der Waals surface area contributed by atoms with E-state index in [9.17, 15) is 13.6 Å². The van der Waals surface area contributed by atoms with Crippen molar-refractivity contribution in [3.05, 3.63) is 59.6 Å². The van der Waals surface area contributed by atoms with Crippen LogP contribution < -0.4 is 5.32 Å². The second-order valence-electron chi connectivity index (χ2n) is 6.41. The fourth-order valence-electron chi connectivity index (χ4n) is 2.75. The molecule has 0 aliphatic carbocycles. The average Bonchev–Trinajstić information content (AvgIpc) is 3.26. The molecule has 3 aromatic heterocycles. The number of nitrogens with one attached hydrogen (secondary N) is 1. The fourth-order valence-corrected chi connectivity index (χ4v) is 2.75. The largest absolute Gasteiger partial charge is 0.334 e. The van der Waals surface area contributed by atoms with E-state index < -0.39 is 12.6 Å². The van der Waals surface area contributed by atoms with Crippen molar-refractivity contribution in [2.75, 3.05) is 7.05 Å². The normalized spacial score (nSPS) is 11.1. The minimum absolute atomic E-state index is 0.0295. The fraction of sp³-hybridized carbons (Fsp3) is 0.333. The van der Waals surface area contributed by atoms with Gasteiger partial charge in [-0.05, 0) is 31.5 Å². The van der Waals surface area contributed by atoms with Crippen LogP contribution in [-0.2, 0) is 13.1 Å². The van der Waals surface area contributed by atoms with Gasteiger partial charge in [0, 0.05) is 37.9 Å². The quantitative estimate of drug-likeness (QED) is 0.703. The molecule has 3 rings (SSSR count). The Morgan fingerprint density at radius 3 is 2.68 bits per heavy atom. The molecular formula is C18H21F2N7O. The lowest BCUT2D eigenvalue weighted by atomic mass is 10.3. The molecule has 8 nitrogen and oxygen atoms in total. The number of rotatable bonds is 6. The van der Waals surface area contributed by atoms with Crippen LogP contribution in [0.2, 0.25) is 0 Å². The molecule has 0 unspecified atom stereocenters. The van der Waals surface area contributed by atoms with E-state index in [0.717, 1.165) is 21.5 Å². The highest BCUT2D eigenvalue weighted by Crippen LogP contribution is 2.14. The molecule has 0 atom stereocenters. The Morgan fingerprint density at radius 2 is 2.07 bits per heavy atom. The lowest BCUT2D eigenvalue weighted by Crippen LogP contribution is -2.37. The Bertz CT molecular complexity index is 949. The number of nitrogens with zero attached hydrogens (tertiary/aromatic N) is 6. The molecule has 0 aliphatic heterocycles. The van der Waals surface area contributed by atoms with Crippen molar-refractivity contribution < 1.29 is 13.6 Å². The summed E-state index contributed by atoms with van der Waals surface area (Å²) >= 11 is 0. The van der Waals surface area contributed by atoms with Crippen LogP contribution in [-0.4, -0.2) is 42.3 Å². The summed E-state index contributed by atoms with van der Waals surface area (Å²) in [6.07, 6.45) is 4.13. The third kappa shape index (κ3) is 4.33. The molecule has 1 N–H and O–H groups in total. The lowest BCUT2D eigenvalue weighted by Gasteiger charge is -2.18. The monoisotopic (exact) mass is 389 g/mol. The molecule has 0 aromatic carbocycles. The molecule has 0 radical (unpaired) electrons. The van der Waals surface area contributed by atoms with E-state index in [-0.39, 0.29) is 18.9 Å². The first-order valence-electron chi connectivity index (χ1n) is 8.62. The number of halogens is 2. The summed E-state index contributed by atoms with van der Waals surface area (Å²) in [5, 5.41) is 7.11.